The van der Waals surface area contributed by atoms with Crippen molar-refractivity contribution in [3.05, 3.63) is 36.8 Å². The maximum atomic E-state index is 11.6. The standard InChI is InChI=1S/C13H13NO4.V.W/c1-9(16)5-10-3-2-4-11(6-10)14-7-12(8-15)18-13(14)17;;/h2,4,6,12,15H,1,5,7-8H2;;/q-2;;/t12-;;/m1../s1. The molecule has 1 amide bonds. The van der Waals surface area contributed by atoms with Crippen molar-refractivity contribution in [2.75, 3.05) is 18.1 Å². The summed E-state index contributed by atoms with van der Waals surface area (Å²) in [7, 11) is 0. The molecule has 5 nitrogen and oxygen atoms in total. The molecule has 1 aromatic rings. The smallest absolute Gasteiger partial charge is 0.412 e. The van der Waals surface area contributed by atoms with E-state index in [-0.39, 0.29) is 58.4 Å². The number of aliphatic hydroxyl groups is 1. The van der Waals surface area contributed by atoms with E-state index in [0.717, 1.165) is 0 Å². The Labute approximate surface area is 143 Å². The van der Waals surface area contributed by atoms with Crippen molar-refractivity contribution < 1.29 is 59.1 Å². The predicted molar refractivity (Wildman–Crippen MR) is 64.0 cm³/mol. The number of carbonyl (C=O) groups excluding carboxylic acids is 2. The van der Waals surface area contributed by atoms with Crippen LogP contribution < -0.4 is 4.90 Å². The first-order valence-electron chi connectivity index (χ1n) is 5.54. The zero-order valence-electron chi connectivity index (χ0n) is 10.6. The topological polar surface area (TPSA) is 66.8 Å². The number of benzene rings is 1. The molecule has 1 aliphatic heterocycles. The monoisotopic (exact) mass is 482 g/mol. The number of Topliss-reactive ketones (excluding diaryl/α,β-unsaturated/α-hetero) is 1. The van der Waals surface area contributed by atoms with Crippen LogP contribution >= 0.6 is 0 Å². The summed E-state index contributed by atoms with van der Waals surface area (Å²) >= 11 is 0. The molecule has 0 spiro atoms. The van der Waals surface area contributed by atoms with Crippen LogP contribution in [0.15, 0.2) is 18.2 Å². The van der Waals surface area contributed by atoms with Crippen LogP contribution in [0.1, 0.15) is 5.56 Å². The van der Waals surface area contributed by atoms with Crippen LogP contribution in [-0.4, -0.2) is 36.2 Å². The zero-order valence-corrected chi connectivity index (χ0v) is 14.9. The fourth-order valence-electron chi connectivity index (χ4n) is 1.81. The first-order valence-corrected chi connectivity index (χ1v) is 5.54. The van der Waals surface area contributed by atoms with Gasteiger partial charge in [0.2, 0.25) is 0 Å². The quantitative estimate of drug-likeness (QED) is 0.644. The van der Waals surface area contributed by atoms with Crippen LogP contribution in [0.5, 0.6) is 0 Å². The maximum absolute atomic E-state index is 11.6. The molecule has 1 aromatic carbocycles. The van der Waals surface area contributed by atoms with Crippen molar-refractivity contribution in [1.29, 1.82) is 0 Å². The number of hydrogen-bond donors (Lipinski definition) is 1. The van der Waals surface area contributed by atoms with Gasteiger partial charge in [0.05, 0.1) is 13.2 Å². The molecular weight excluding hydrogens is 469 g/mol. The van der Waals surface area contributed by atoms with E-state index in [2.05, 4.69) is 13.0 Å². The third kappa shape index (κ3) is 4.67. The number of anilines is 1. The van der Waals surface area contributed by atoms with Crippen molar-refractivity contribution in [1.82, 2.24) is 0 Å². The molecule has 0 bridgehead atoms. The summed E-state index contributed by atoms with van der Waals surface area (Å²) in [5, 5.41) is 8.96. The van der Waals surface area contributed by atoms with E-state index in [4.69, 9.17) is 9.84 Å². The van der Waals surface area contributed by atoms with Gasteiger partial charge in [-0.2, -0.15) is 17.7 Å². The van der Waals surface area contributed by atoms with Gasteiger partial charge in [-0.15, -0.1) is 12.1 Å². The molecule has 1 atom stereocenters. The second-order valence-electron chi connectivity index (χ2n) is 4.09. The molecule has 107 valence electrons. The maximum Gasteiger partial charge on any atom is 0.412 e. The van der Waals surface area contributed by atoms with Gasteiger partial charge in [0, 0.05) is 39.6 Å². The summed E-state index contributed by atoms with van der Waals surface area (Å²) in [5.74, 6) is -0.208. The molecule has 1 saturated heterocycles. The van der Waals surface area contributed by atoms with E-state index in [0.29, 0.717) is 17.8 Å². The van der Waals surface area contributed by atoms with Crippen molar-refractivity contribution in [3.8, 4) is 0 Å². The Morgan fingerprint density at radius 2 is 2.30 bits per heavy atom. The average molecular weight is 482 g/mol. The van der Waals surface area contributed by atoms with Gasteiger partial charge in [-0.25, -0.2) is 4.79 Å². The molecule has 0 aliphatic carbocycles. The summed E-state index contributed by atoms with van der Waals surface area (Å²) in [6.45, 7) is 3.40. The normalized spacial score (nSPS) is 16.9. The Hall–Kier alpha value is -0.737. The number of hydrogen-bond acceptors (Lipinski definition) is 4. The number of rotatable bonds is 4. The van der Waals surface area contributed by atoms with Gasteiger partial charge < -0.3 is 21.6 Å². The predicted octanol–water partition coefficient (Wildman–Crippen LogP) is 0.745. The van der Waals surface area contributed by atoms with E-state index in [1.54, 1.807) is 18.2 Å². The van der Waals surface area contributed by atoms with Crippen LogP contribution in [0, 0.1) is 13.0 Å². The van der Waals surface area contributed by atoms with E-state index in [1.165, 1.54) is 4.90 Å². The Bertz CT molecular complexity index is 483. The van der Waals surface area contributed by atoms with E-state index in [9.17, 15) is 9.59 Å². The molecule has 2 rings (SSSR count). The molecule has 1 radical (unpaired) electrons. The number of ketones is 1. The summed E-state index contributed by atoms with van der Waals surface area (Å²) in [6, 6.07) is 7.97. The van der Waals surface area contributed by atoms with Crippen LogP contribution in [0.25, 0.3) is 0 Å². The third-order valence-corrected chi connectivity index (χ3v) is 2.62. The number of carbonyl (C=O) groups is 2. The van der Waals surface area contributed by atoms with Gasteiger partial charge in [-0.05, 0) is 12.2 Å². The molecule has 1 aliphatic rings. The van der Waals surface area contributed by atoms with Gasteiger partial charge in [-0.3, -0.25) is 4.90 Å². The number of ether oxygens (including phenoxy) is 1. The van der Waals surface area contributed by atoms with Crippen LogP contribution in [0.3, 0.4) is 0 Å². The number of aliphatic hydroxyl groups excluding tert-OH is 1. The van der Waals surface area contributed by atoms with Gasteiger partial charge in [-0.1, -0.05) is 5.69 Å². The van der Waals surface area contributed by atoms with E-state index < -0.39 is 12.2 Å². The Morgan fingerprint density at radius 1 is 1.60 bits per heavy atom. The molecule has 1 N–H and O–H groups in total. The minimum atomic E-state index is -0.500. The fourth-order valence-corrected chi connectivity index (χ4v) is 1.81. The molecule has 20 heavy (non-hydrogen) atoms. The van der Waals surface area contributed by atoms with Gasteiger partial charge in [0.25, 0.3) is 0 Å². The van der Waals surface area contributed by atoms with E-state index in [1.807, 2.05) is 0 Å². The third-order valence-electron chi connectivity index (χ3n) is 2.62. The van der Waals surface area contributed by atoms with Crippen molar-refractivity contribution in [2.45, 2.75) is 12.5 Å². The Balaban J connectivity index is 0.00000180. The van der Waals surface area contributed by atoms with Gasteiger partial charge >= 0.3 is 6.09 Å². The van der Waals surface area contributed by atoms with Gasteiger partial charge in [0.15, 0.2) is 0 Å². The average Bonchev–Trinajstić information content (AvgIpc) is 2.70. The Morgan fingerprint density at radius 3 is 2.85 bits per heavy atom. The Kier molecular flexibility index (Phi) is 8.21. The fraction of sp³-hybridized carbons (Fsp3) is 0.308. The summed E-state index contributed by atoms with van der Waals surface area (Å²) in [4.78, 5) is 23.9. The first-order chi connectivity index (χ1) is 8.60. The second-order valence-corrected chi connectivity index (χ2v) is 4.09. The summed E-state index contributed by atoms with van der Waals surface area (Å²) < 4.78 is 4.95. The SMILES string of the molecule is [CH2-]C(=O)Cc1[c-]ccc(N2C[C@H](CO)OC2=O)c1.[V].[W]. The van der Waals surface area contributed by atoms with Crippen molar-refractivity contribution >= 4 is 17.6 Å². The minimum Gasteiger partial charge on any atom is -0.442 e. The first kappa shape index (κ1) is 19.3. The van der Waals surface area contributed by atoms with Crippen LogP contribution in [0.2, 0.25) is 0 Å². The minimum absolute atomic E-state index is 0. The number of cyclic esters (lactones) is 1. The van der Waals surface area contributed by atoms with Crippen molar-refractivity contribution in [3.63, 3.8) is 0 Å². The molecular formula is C13H13NO4VW-2. The summed E-state index contributed by atoms with van der Waals surface area (Å²) in [5.41, 5.74) is 1.30. The summed E-state index contributed by atoms with van der Waals surface area (Å²) in [6.07, 6.45) is -0.813. The second kappa shape index (κ2) is 8.53. The van der Waals surface area contributed by atoms with Gasteiger partial charge in [0.1, 0.15) is 6.10 Å². The number of amides is 1. The molecule has 7 heteroatoms. The number of nitrogens with zero attached hydrogens (tertiary/aromatic N) is 1. The zero-order chi connectivity index (χ0) is 13.1. The molecule has 0 saturated carbocycles. The van der Waals surface area contributed by atoms with Crippen LogP contribution in [-0.2, 0) is 55.6 Å². The van der Waals surface area contributed by atoms with E-state index >= 15 is 0 Å². The van der Waals surface area contributed by atoms with Crippen LogP contribution in [0.4, 0.5) is 10.5 Å². The molecule has 1 heterocycles. The van der Waals surface area contributed by atoms with Crippen molar-refractivity contribution in [2.24, 2.45) is 0 Å². The molecule has 0 aromatic heterocycles. The largest absolute Gasteiger partial charge is 0.442 e. The molecule has 1 fully saturated rings. The molecule has 0 unspecified atom stereocenters.